The molecule has 1 saturated carbocycles. The Hall–Kier alpha value is -2.69. The number of aromatic nitrogens is 3. The molecule has 3 aromatic rings. The Balaban J connectivity index is 1.48. The highest BCUT2D eigenvalue weighted by Gasteiger charge is 2.21. The van der Waals surface area contributed by atoms with Crippen molar-refractivity contribution in [3.8, 4) is 11.5 Å². The van der Waals surface area contributed by atoms with Crippen LogP contribution in [0.25, 0.3) is 22.6 Å². The highest BCUT2D eigenvalue weighted by molar-refractivity contribution is 7.82. The number of carbonyl (C=O) groups is 1. The fraction of sp³-hybridized carbons (Fsp3) is 0.429. The van der Waals surface area contributed by atoms with Gasteiger partial charge in [-0.1, -0.05) is 25.7 Å². The van der Waals surface area contributed by atoms with Crippen molar-refractivity contribution in [1.82, 2.24) is 20.3 Å². The lowest BCUT2D eigenvalue weighted by atomic mass is 10.2. The van der Waals surface area contributed by atoms with Crippen LogP contribution in [0, 0.1) is 0 Å². The van der Waals surface area contributed by atoms with Crippen molar-refractivity contribution in [3.63, 3.8) is 0 Å². The van der Waals surface area contributed by atoms with Crippen LogP contribution in [0.4, 0.5) is 10.6 Å². The van der Waals surface area contributed by atoms with Gasteiger partial charge in [-0.2, -0.15) is 0 Å². The third-order valence-corrected chi connectivity index (χ3v) is 5.40. The summed E-state index contributed by atoms with van der Waals surface area (Å²) < 4.78 is 17.5. The van der Waals surface area contributed by atoms with Crippen LogP contribution in [-0.2, 0) is 16.1 Å². The van der Waals surface area contributed by atoms with Gasteiger partial charge in [0.25, 0.3) is 0 Å². The molecule has 0 radical (unpaired) electrons. The minimum atomic E-state index is -0.297. The number of hydrogen-bond donors (Lipinski definition) is 2. The number of fused-ring (bicyclic) bond motifs is 1. The molecule has 0 unspecified atom stereocenters. The molecule has 10 heteroatoms. The summed E-state index contributed by atoms with van der Waals surface area (Å²) in [5.74, 6) is 1.59. The first-order valence-corrected chi connectivity index (χ1v) is 10.7. The minimum Gasteiger partial charge on any atom is -0.457 e. The Morgan fingerprint density at radius 2 is 2.06 bits per heavy atom. The average Bonchev–Trinajstić information content (AvgIpc) is 3.47. The summed E-state index contributed by atoms with van der Waals surface area (Å²) >= 11 is 4.33. The number of thiol groups is 1. The first kappa shape index (κ1) is 21.5. The zero-order valence-corrected chi connectivity index (χ0v) is 18.2. The van der Waals surface area contributed by atoms with Gasteiger partial charge in [-0.25, -0.2) is 19.1 Å². The number of urea groups is 1. The smallest absolute Gasteiger partial charge is 0.333 e. The molecule has 0 saturated heterocycles. The van der Waals surface area contributed by atoms with E-state index in [2.05, 4.69) is 33.1 Å². The summed E-state index contributed by atoms with van der Waals surface area (Å²) in [5.41, 5.74) is 1.54. The van der Waals surface area contributed by atoms with Gasteiger partial charge in [0.2, 0.25) is 0 Å². The number of carbonyl (C=O) groups excluding carboxylic acids is 1. The highest BCUT2D eigenvalue weighted by atomic mass is 32.1. The molecule has 164 valence electrons. The van der Waals surface area contributed by atoms with Crippen LogP contribution in [0.15, 0.2) is 34.9 Å². The van der Waals surface area contributed by atoms with Gasteiger partial charge < -0.3 is 19.2 Å². The van der Waals surface area contributed by atoms with Crippen molar-refractivity contribution in [2.45, 2.75) is 45.3 Å². The van der Waals surface area contributed by atoms with Crippen molar-refractivity contribution in [2.24, 2.45) is 0 Å². The van der Waals surface area contributed by atoms with Crippen LogP contribution in [-0.4, -0.2) is 40.4 Å². The van der Waals surface area contributed by atoms with Gasteiger partial charge in [-0.3, -0.25) is 4.98 Å². The summed E-state index contributed by atoms with van der Waals surface area (Å²) in [6, 6.07) is 6.97. The summed E-state index contributed by atoms with van der Waals surface area (Å²) in [5, 5.41) is 2.99. The molecule has 9 nitrogen and oxygen atoms in total. The molecule has 1 N–H and O–H groups in total. The average molecular weight is 444 g/mol. The lowest BCUT2D eigenvalue weighted by molar-refractivity contribution is -0.0613. The van der Waals surface area contributed by atoms with Gasteiger partial charge in [0.1, 0.15) is 36.2 Å². The largest absolute Gasteiger partial charge is 0.457 e. The topological polar surface area (TPSA) is 103 Å². The minimum absolute atomic E-state index is 0.194. The summed E-state index contributed by atoms with van der Waals surface area (Å²) in [7, 11) is 0. The third-order valence-electron chi connectivity index (χ3n) is 5.01. The molecule has 4 rings (SSSR count). The molecule has 0 aromatic carbocycles. The van der Waals surface area contributed by atoms with Crippen LogP contribution < -0.4 is 9.62 Å². The zero-order valence-electron chi connectivity index (χ0n) is 17.3. The molecule has 3 aromatic heterocycles. The molecule has 1 fully saturated rings. The van der Waals surface area contributed by atoms with E-state index in [0.29, 0.717) is 47.4 Å². The Morgan fingerprint density at radius 3 is 2.87 bits per heavy atom. The number of nitrogens with one attached hydrogen (secondary N) is 1. The molecule has 3 heterocycles. The molecule has 0 atom stereocenters. The number of pyridine rings is 1. The van der Waals surface area contributed by atoms with Gasteiger partial charge in [0.05, 0.1) is 6.20 Å². The predicted octanol–water partition coefficient (Wildman–Crippen LogP) is 4.10. The maximum absolute atomic E-state index is 12.5. The fourth-order valence-electron chi connectivity index (χ4n) is 3.41. The number of amides is 2. The van der Waals surface area contributed by atoms with E-state index in [0.717, 1.165) is 25.7 Å². The zero-order chi connectivity index (χ0) is 21.6. The predicted molar refractivity (Wildman–Crippen MR) is 119 cm³/mol. The number of hydrogen-bond acceptors (Lipinski definition) is 8. The summed E-state index contributed by atoms with van der Waals surface area (Å²) in [6.07, 6.45) is 5.89. The Labute approximate surface area is 185 Å². The lowest BCUT2D eigenvalue weighted by Gasteiger charge is -2.19. The molecule has 1 aliphatic rings. The second kappa shape index (κ2) is 10.1. The molecule has 1 aliphatic carbocycles. The van der Waals surface area contributed by atoms with Crippen molar-refractivity contribution in [3.05, 3.63) is 36.2 Å². The van der Waals surface area contributed by atoms with E-state index in [-0.39, 0.29) is 18.9 Å². The van der Waals surface area contributed by atoms with E-state index in [1.807, 2.05) is 13.0 Å². The second-order valence-corrected chi connectivity index (χ2v) is 7.64. The van der Waals surface area contributed by atoms with Crippen LogP contribution >= 0.6 is 12.8 Å². The normalized spacial score (nSPS) is 14.3. The Kier molecular flexibility index (Phi) is 7.00. The summed E-state index contributed by atoms with van der Waals surface area (Å²) in [4.78, 5) is 25.9. The Bertz CT molecular complexity index is 1040. The second-order valence-electron chi connectivity index (χ2n) is 7.24. The van der Waals surface area contributed by atoms with Gasteiger partial charge in [-0.05, 0) is 44.0 Å². The fourth-order valence-corrected chi connectivity index (χ4v) is 3.58. The molecular formula is C21H25N5O4S. The molecule has 0 bridgehead atoms. The van der Waals surface area contributed by atoms with E-state index in [9.17, 15) is 4.79 Å². The van der Waals surface area contributed by atoms with Gasteiger partial charge in [0.15, 0.2) is 11.4 Å². The van der Waals surface area contributed by atoms with E-state index in [1.165, 1.54) is 4.31 Å². The highest BCUT2D eigenvalue weighted by Crippen LogP contribution is 2.24. The van der Waals surface area contributed by atoms with Gasteiger partial charge >= 0.3 is 6.03 Å². The van der Waals surface area contributed by atoms with Crippen LogP contribution in [0.2, 0.25) is 0 Å². The monoisotopic (exact) mass is 443 g/mol. The number of furan rings is 1. The third kappa shape index (κ3) is 5.33. The molecular weight excluding hydrogens is 418 g/mol. The molecule has 0 aliphatic heterocycles. The Morgan fingerprint density at radius 1 is 1.23 bits per heavy atom. The van der Waals surface area contributed by atoms with Crippen molar-refractivity contribution >= 4 is 35.8 Å². The molecule has 2 amide bonds. The maximum Gasteiger partial charge on any atom is 0.333 e. The first-order valence-electron chi connectivity index (χ1n) is 10.3. The van der Waals surface area contributed by atoms with Crippen molar-refractivity contribution < 1.29 is 18.7 Å². The number of ether oxygens (including phenoxy) is 2. The number of nitrogens with zero attached hydrogens (tertiary/aromatic N) is 4. The van der Waals surface area contributed by atoms with Crippen LogP contribution in [0.3, 0.4) is 0 Å². The van der Waals surface area contributed by atoms with Gasteiger partial charge in [0, 0.05) is 12.6 Å². The first-order chi connectivity index (χ1) is 15.1. The van der Waals surface area contributed by atoms with E-state index in [4.69, 9.17) is 13.9 Å². The van der Waals surface area contributed by atoms with E-state index in [1.54, 1.807) is 24.4 Å². The molecule has 0 spiro atoms. The quantitative estimate of drug-likeness (QED) is 0.307. The summed E-state index contributed by atoms with van der Waals surface area (Å²) in [6.45, 7) is 3.01. The number of rotatable bonds is 8. The maximum atomic E-state index is 12.5. The van der Waals surface area contributed by atoms with E-state index < -0.39 is 0 Å². The van der Waals surface area contributed by atoms with Crippen molar-refractivity contribution in [2.75, 3.05) is 17.7 Å². The van der Waals surface area contributed by atoms with Crippen LogP contribution in [0.1, 0.15) is 38.4 Å². The SMILES string of the molecule is CCOCOCc1ccc(-c2cnc3ccc(N(S)C(=O)NC4CCCC4)nc3n2)o1. The standard InChI is InChI=1S/C21H25N5O4S/c1-2-28-13-29-12-15-7-9-18(30-15)17-11-22-16-8-10-19(25-20(16)24-17)26(31)21(27)23-14-5-3-4-6-14/h7-11,14,31H,2-6,12-13H2,1H3,(H,23,27). The van der Waals surface area contributed by atoms with E-state index >= 15 is 0 Å². The van der Waals surface area contributed by atoms with Gasteiger partial charge in [-0.15, -0.1) is 0 Å². The lowest BCUT2D eigenvalue weighted by Crippen LogP contribution is -2.40. The van der Waals surface area contributed by atoms with Crippen LogP contribution in [0.5, 0.6) is 0 Å². The van der Waals surface area contributed by atoms with Crippen molar-refractivity contribution in [1.29, 1.82) is 0 Å². The number of anilines is 1. The molecule has 31 heavy (non-hydrogen) atoms.